The first-order valence-electron chi connectivity index (χ1n) is 4.43. The van der Waals surface area contributed by atoms with Crippen LogP contribution < -0.4 is 24.0 Å². The van der Waals surface area contributed by atoms with Crippen molar-refractivity contribution in [2.24, 2.45) is 5.10 Å². The second-order valence-electron chi connectivity index (χ2n) is 3.99. The lowest BCUT2D eigenvalue weighted by Crippen LogP contribution is -3.00. The van der Waals surface area contributed by atoms with Crippen LogP contribution in [0.2, 0.25) is 0 Å². The van der Waals surface area contributed by atoms with Crippen LogP contribution in [-0.4, -0.2) is 31.4 Å². The molecule has 3 heteroatoms. The van der Waals surface area contributed by atoms with Gasteiger partial charge in [-0.3, -0.25) is 0 Å². The Morgan fingerprint density at radius 3 is 2.00 bits per heavy atom. The maximum absolute atomic E-state index is 4.53. The summed E-state index contributed by atoms with van der Waals surface area (Å²) in [4.78, 5) is 0. The molecule has 0 atom stereocenters. The maximum atomic E-state index is 4.53. The number of quaternary nitrogens is 1. The Labute approximate surface area is 103 Å². The molecule has 0 aliphatic carbocycles. The Morgan fingerprint density at radius 1 is 1.07 bits per heavy atom. The lowest BCUT2D eigenvalue weighted by Gasteiger charge is -2.16. The lowest BCUT2D eigenvalue weighted by molar-refractivity contribution is -0.877. The molecule has 0 aliphatic rings. The highest BCUT2D eigenvalue weighted by Crippen LogP contribution is 2.03. The molecule has 1 rings (SSSR count). The smallest absolute Gasteiger partial charge is 0.0999 e. The first-order chi connectivity index (χ1) is 5.99. The second-order valence-corrected chi connectivity index (χ2v) is 3.99. The van der Waals surface area contributed by atoms with Crippen molar-refractivity contribution in [2.45, 2.75) is 6.92 Å². The lowest BCUT2D eigenvalue weighted by atomic mass is 10.1. The minimum absolute atomic E-state index is 0. The molecule has 2 nitrogen and oxygen atoms in total. The zero-order valence-electron chi connectivity index (χ0n) is 9.16. The van der Waals surface area contributed by atoms with Crippen molar-refractivity contribution in [1.29, 1.82) is 0 Å². The van der Waals surface area contributed by atoms with E-state index >= 15 is 0 Å². The van der Waals surface area contributed by atoms with Gasteiger partial charge in [0.25, 0.3) is 0 Å². The highest BCUT2D eigenvalue weighted by molar-refractivity contribution is 5.98. The van der Waals surface area contributed by atoms with Gasteiger partial charge in [0.05, 0.1) is 26.9 Å². The standard InChI is InChI=1S/C11H17N2.HI/c1-10(12-13(2,3)4)11-8-6-5-7-9-11;/h5-9H,1-4H3;1H/q+1;/p-1/b12-10-;. The van der Waals surface area contributed by atoms with E-state index in [1.807, 2.05) is 46.3 Å². The molecule has 0 aliphatic heterocycles. The van der Waals surface area contributed by atoms with Gasteiger partial charge >= 0.3 is 0 Å². The Bertz CT molecular complexity index is 299. The summed E-state index contributed by atoms with van der Waals surface area (Å²) in [5.74, 6) is 0. The van der Waals surface area contributed by atoms with Gasteiger partial charge in [0, 0.05) is 5.56 Å². The molecule has 0 radical (unpaired) electrons. The topological polar surface area (TPSA) is 12.4 Å². The number of halogens is 1. The molecule has 0 aromatic heterocycles. The summed E-state index contributed by atoms with van der Waals surface area (Å²) >= 11 is 0. The van der Waals surface area contributed by atoms with Gasteiger partial charge in [-0.05, 0) is 6.92 Å². The minimum atomic E-state index is 0. The molecule has 0 spiro atoms. The van der Waals surface area contributed by atoms with Crippen LogP contribution in [0.5, 0.6) is 0 Å². The molecule has 14 heavy (non-hydrogen) atoms. The van der Waals surface area contributed by atoms with Crippen LogP contribution in [0.3, 0.4) is 0 Å². The van der Waals surface area contributed by atoms with E-state index in [4.69, 9.17) is 0 Å². The molecule has 1 aromatic rings. The van der Waals surface area contributed by atoms with Crippen molar-refractivity contribution in [3.8, 4) is 0 Å². The normalized spacial score (nSPS) is 12.1. The Hall–Kier alpha value is -0.420. The molecule has 0 saturated carbocycles. The predicted octanol–water partition coefficient (Wildman–Crippen LogP) is -0.879. The number of hydrogen-bond acceptors (Lipinski definition) is 1. The summed E-state index contributed by atoms with van der Waals surface area (Å²) in [6.07, 6.45) is 0. The molecule has 0 saturated heterocycles. The van der Waals surface area contributed by atoms with E-state index in [0.717, 1.165) is 5.71 Å². The van der Waals surface area contributed by atoms with Crippen LogP contribution in [-0.2, 0) is 0 Å². The van der Waals surface area contributed by atoms with E-state index in [1.54, 1.807) is 0 Å². The summed E-state index contributed by atoms with van der Waals surface area (Å²) in [7, 11) is 6.14. The molecule has 0 bridgehead atoms. The van der Waals surface area contributed by atoms with Crippen LogP contribution >= 0.6 is 0 Å². The fourth-order valence-electron chi connectivity index (χ4n) is 1.19. The number of nitrogens with zero attached hydrogens (tertiary/aromatic N) is 2. The van der Waals surface area contributed by atoms with E-state index in [0.29, 0.717) is 4.59 Å². The van der Waals surface area contributed by atoms with E-state index < -0.39 is 0 Å². The fraction of sp³-hybridized carbons (Fsp3) is 0.364. The summed E-state index contributed by atoms with van der Waals surface area (Å²) in [6, 6.07) is 10.2. The molecule has 0 N–H and O–H groups in total. The predicted molar refractivity (Wildman–Crippen MR) is 56.7 cm³/mol. The van der Waals surface area contributed by atoms with Crippen molar-refractivity contribution >= 4 is 5.71 Å². The van der Waals surface area contributed by atoms with Crippen molar-refractivity contribution in [3.63, 3.8) is 0 Å². The van der Waals surface area contributed by atoms with Gasteiger partial charge < -0.3 is 24.0 Å². The number of benzene rings is 1. The molecular weight excluding hydrogens is 287 g/mol. The molecule has 0 fully saturated rings. The van der Waals surface area contributed by atoms with Crippen molar-refractivity contribution in [3.05, 3.63) is 35.9 Å². The van der Waals surface area contributed by atoms with Crippen molar-refractivity contribution in [2.75, 3.05) is 21.1 Å². The van der Waals surface area contributed by atoms with Crippen LogP contribution in [0.25, 0.3) is 0 Å². The molecular formula is C11H17IN2. The van der Waals surface area contributed by atoms with Gasteiger partial charge in [0.1, 0.15) is 0 Å². The molecule has 1 aromatic carbocycles. The van der Waals surface area contributed by atoms with Crippen LogP contribution in [0, 0.1) is 0 Å². The Kier molecular flexibility index (Phi) is 5.29. The molecule has 78 valence electrons. The SMILES string of the molecule is C/C(=N/[N+](C)(C)C)c1ccccc1.[I-]. The average Bonchev–Trinajstić information content (AvgIpc) is 2.03. The van der Waals surface area contributed by atoms with E-state index in [-0.39, 0.29) is 24.0 Å². The summed E-state index contributed by atoms with van der Waals surface area (Å²) in [5.41, 5.74) is 2.27. The summed E-state index contributed by atoms with van der Waals surface area (Å²) in [6.45, 7) is 2.04. The maximum Gasteiger partial charge on any atom is 0.0999 e. The van der Waals surface area contributed by atoms with Crippen LogP contribution in [0.4, 0.5) is 0 Å². The molecule has 0 unspecified atom stereocenters. The quantitative estimate of drug-likeness (QED) is 0.291. The zero-order chi connectivity index (χ0) is 9.90. The minimum Gasteiger partial charge on any atom is -1.00 e. The first kappa shape index (κ1) is 13.6. The van der Waals surface area contributed by atoms with E-state index in [9.17, 15) is 0 Å². The average molecular weight is 304 g/mol. The fourth-order valence-corrected chi connectivity index (χ4v) is 1.19. The van der Waals surface area contributed by atoms with Crippen LogP contribution in [0.1, 0.15) is 12.5 Å². The monoisotopic (exact) mass is 304 g/mol. The van der Waals surface area contributed by atoms with Gasteiger partial charge in [-0.15, -0.1) is 0 Å². The third kappa shape index (κ3) is 4.72. The highest BCUT2D eigenvalue weighted by atomic mass is 127. The van der Waals surface area contributed by atoms with Crippen molar-refractivity contribution < 1.29 is 28.6 Å². The van der Waals surface area contributed by atoms with Gasteiger partial charge in [-0.2, -0.15) is 0 Å². The molecule has 0 heterocycles. The van der Waals surface area contributed by atoms with Gasteiger partial charge in [-0.1, -0.05) is 35.4 Å². The Morgan fingerprint density at radius 2 is 1.57 bits per heavy atom. The highest BCUT2D eigenvalue weighted by Gasteiger charge is 2.06. The van der Waals surface area contributed by atoms with Crippen LogP contribution in [0.15, 0.2) is 35.4 Å². The third-order valence-corrected chi connectivity index (χ3v) is 1.64. The zero-order valence-corrected chi connectivity index (χ0v) is 11.3. The largest absolute Gasteiger partial charge is 1.00 e. The van der Waals surface area contributed by atoms with E-state index in [1.165, 1.54) is 5.56 Å². The first-order valence-corrected chi connectivity index (χ1v) is 4.43. The molecule has 0 amide bonds. The second kappa shape index (κ2) is 5.46. The van der Waals surface area contributed by atoms with E-state index in [2.05, 4.69) is 17.2 Å². The number of rotatable bonds is 2. The van der Waals surface area contributed by atoms with Gasteiger partial charge in [0.15, 0.2) is 0 Å². The third-order valence-electron chi connectivity index (χ3n) is 1.64. The van der Waals surface area contributed by atoms with Crippen molar-refractivity contribution in [1.82, 2.24) is 0 Å². The summed E-state index contributed by atoms with van der Waals surface area (Å²) < 4.78 is 0.612. The number of hydrogen-bond donors (Lipinski definition) is 0. The summed E-state index contributed by atoms with van der Waals surface area (Å²) in [5, 5.41) is 4.53. The van der Waals surface area contributed by atoms with Gasteiger partial charge in [0.2, 0.25) is 0 Å². The Balaban J connectivity index is 0.00000169. The van der Waals surface area contributed by atoms with Gasteiger partial charge in [-0.25, -0.2) is 4.59 Å².